The molecule has 215 valence electrons. The third-order valence-corrected chi connectivity index (χ3v) is 7.34. The van der Waals surface area contributed by atoms with Crippen LogP contribution in [-0.2, 0) is 20.1 Å². The van der Waals surface area contributed by atoms with Gasteiger partial charge < -0.3 is 14.0 Å². The van der Waals surface area contributed by atoms with E-state index in [1.54, 1.807) is 6.20 Å². The average Bonchev–Trinajstić information content (AvgIpc) is 3.67. The van der Waals surface area contributed by atoms with Crippen LogP contribution in [0.15, 0.2) is 150 Å². The summed E-state index contributed by atoms with van der Waals surface area (Å²) in [4.78, 5) is 9.17. The van der Waals surface area contributed by atoms with E-state index in [0.717, 1.165) is 55.9 Å². The summed E-state index contributed by atoms with van der Waals surface area (Å²) in [5.41, 5.74) is 10.3. The zero-order chi connectivity index (χ0) is 29.0. The Balaban J connectivity index is 0.000000222. The fraction of sp³-hybridized carbons (Fsp3) is 0.0256. The molecular formula is C39H27IrN3O-2. The third-order valence-electron chi connectivity index (χ3n) is 7.34. The quantitative estimate of drug-likeness (QED) is 0.169. The number of benzene rings is 5. The van der Waals surface area contributed by atoms with E-state index in [0.29, 0.717) is 0 Å². The van der Waals surface area contributed by atoms with Gasteiger partial charge in [0.2, 0.25) is 0 Å². The van der Waals surface area contributed by atoms with Gasteiger partial charge in [0.25, 0.3) is 0 Å². The molecule has 1 radical (unpaired) electrons. The van der Waals surface area contributed by atoms with E-state index in [2.05, 4.69) is 95.5 Å². The van der Waals surface area contributed by atoms with Crippen molar-refractivity contribution in [2.45, 2.75) is 6.92 Å². The predicted molar refractivity (Wildman–Crippen MR) is 174 cm³/mol. The van der Waals surface area contributed by atoms with Crippen LogP contribution in [0.2, 0.25) is 0 Å². The minimum Gasteiger partial charge on any atom is -0.557 e. The topological polar surface area (TPSA) is 43.9 Å². The third kappa shape index (κ3) is 5.89. The Labute approximate surface area is 270 Å². The average molecular weight is 746 g/mol. The van der Waals surface area contributed by atoms with Gasteiger partial charge in [0.15, 0.2) is 0 Å². The first kappa shape index (κ1) is 29.0. The second-order valence-electron chi connectivity index (χ2n) is 10.2. The Morgan fingerprint density at radius 1 is 0.705 bits per heavy atom. The normalized spacial score (nSPS) is 10.7. The smallest absolute Gasteiger partial charge is 0.0774 e. The van der Waals surface area contributed by atoms with Crippen LogP contribution in [-0.4, -0.2) is 14.5 Å². The number of aromatic nitrogens is 3. The van der Waals surface area contributed by atoms with Crippen molar-refractivity contribution in [2.24, 2.45) is 0 Å². The summed E-state index contributed by atoms with van der Waals surface area (Å²) in [5.74, 6) is 0.830. The van der Waals surface area contributed by atoms with Crippen molar-refractivity contribution in [2.75, 3.05) is 0 Å². The van der Waals surface area contributed by atoms with Crippen LogP contribution in [0.5, 0.6) is 0 Å². The van der Waals surface area contributed by atoms with E-state index >= 15 is 0 Å². The van der Waals surface area contributed by atoms with Gasteiger partial charge in [0.1, 0.15) is 0 Å². The van der Waals surface area contributed by atoms with Crippen LogP contribution in [0.3, 0.4) is 0 Å². The molecule has 0 aliphatic heterocycles. The van der Waals surface area contributed by atoms with Crippen molar-refractivity contribution < 1.29 is 24.5 Å². The molecule has 5 heteroatoms. The molecule has 0 unspecified atom stereocenters. The molecule has 0 saturated carbocycles. The molecule has 8 rings (SSSR count). The number of pyridine rings is 1. The summed E-state index contributed by atoms with van der Waals surface area (Å²) in [6, 6.07) is 50.3. The van der Waals surface area contributed by atoms with Crippen LogP contribution in [0.4, 0.5) is 0 Å². The first-order valence-corrected chi connectivity index (χ1v) is 14.2. The molecule has 0 aliphatic carbocycles. The van der Waals surface area contributed by atoms with Gasteiger partial charge in [0, 0.05) is 43.8 Å². The van der Waals surface area contributed by atoms with E-state index in [-0.39, 0.29) is 20.1 Å². The molecule has 0 N–H and O–H groups in total. The van der Waals surface area contributed by atoms with Crippen LogP contribution in [0.25, 0.3) is 61.5 Å². The van der Waals surface area contributed by atoms with Crippen LogP contribution < -0.4 is 0 Å². The van der Waals surface area contributed by atoms with Crippen molar-refractivity contribution in [3.05, 3.63) is 164 Å². The maximum Gasteiger partial charge on any atom is 0.0774 e. The zero-order valence-corrected chi connectivity index (χ0v) is 26.3. The molecule has 0 aliphatic rings. The molecule has 8 aromatic rings. The Bertz CT molecular complexity index is 2080. The van der Waals surface area contributed by atoms with Gasteiger partial charge in [-0.05, 0) is 54.1 Å². The Morgan fingerprint density at radius 2 is 1.45 bits per heavy atom. The van der Waals surface area contributed by atoms with Gasteiger partial charge in [-0.1, -0.05) is 95.4 Å². The van der Waals surface area contributed by atoms with E-state index in [9.17, 15) is 0 Å². The van der Waals surface area contributed by atoms with Crippen LogP contribution in [0.1, 0.15) is 5.56 Å². The van der Waals surface area contributed by atoms with Gasteiger partial charge in [-0.15, -0.1) is 42.0 Å². The largest absolute Gasteiger partial charge is 0.557 e. The maximum atomic E-state index is 5.77. The summed E-state index contributed by atoms with van der Waals surface area (Å²) in [5, 5.41) is 1.02. The van der Waals surface area contributed by atoms with Crippen molar-refractivity contribution in [3.8, 4) is 39.5 Å². The number of fused-ring (bicyclic) bond motifs is 2. The SMILES string of the molecule is Cc1ccc2c(-c3nc4ccccc4n3-c3ccc(-c4ccccc4)cc3)[c-]oc2c1.[Ir].[c-]1ccccc1-c1ccccn1. The number of aryl methyl sites for hydroxylation is 1. The number of para-hydroxylation sites is 2. The van der Waals surface area contributed by atoms with Crippen molar-refractivity contribution in [1.29, 1.82) is 0 Å². The Morgan fingerprint density at radius 3 is 2.23 bits per heavy atom. The molecule has 5 aromatic carbocycles. The van der Waals surface area contributed by atoms with E-state index < -0.39 is 0 Å². The number of nitrogens with zero attached hydrogens (tertiary/aromatic N) is 3. The monoisotopic (exact) mass is 746 g/mol. The standard InChI is InChI=1S/C28H19N2O.C11H8N.Ir/c1-19-11-16-23-24(18-31-27(23)17-19)28-29-25-9-5-6-10-26(25)30(28)22-14-12-21(13-15-22)20-7-3-2-4-8-20;1-2-6-10(7-3-1)11-8-4-5-9-12-11;/h2-17H,1H3;1-6,8-9H;/q2*-1;. The first-order chi connectivity index (χ1) is 21.2. The molecule has 4 nitrogen and oxygen atoms in total. The van der Waals surface area contributed by atoms with E-state index in [4.69, 9.17) is 9.40 Å². The Hall–Kier alpha value is -5.09. The summed E-state index contributed by atoms with van der Waals surface area (Å²) in [7, 11) is 0. The van der Waals surface area contributed by atoms with Crippen molar-refractivity contribution >= 4 is 22.0 Å². The molecule has 0 saturated heterocycles. The summed E-state index contributed by atoms with van der Waals surface area (Å²) in [6.45, 7) is 2.06. The molecule has 3 aromatic heterocycles. The summed E-state index contributed by atoms with van der Waals surface area (Å²) >= 11 is 0. The fourth-order valence-corrected chi connectivity index (χ4v) is 5.21. The number of hydrogen-bond acceptors (Lipinski definition) is 3. The summed E-state index contributed by atoms with van der Waals surface area (Å²) in [6.07, 6.45) is 4.90. The number of hydrogen-bond donors (Lipinski definition) is 0. The minimum absolute atomic E-state index is 0. The van der Waals surface area contributed by atoms with Gasteiger partial charge in [-0.3, -0.25) is 4.98 Å². The van der Waals surface area contributed by atoms with Crippen molar-refractivity contribution in [1.82, 2.24) is 14.5 Å². The maximum absolute atomic E-state index is 5.77. The number of furan rings is 1. The van der Waals surface area contributed by atoms with Crippen LogP contribution >= 0.6 is 0 Å². The molecular weight excluding hydrogens is 719 g/mol. The van der Waals surface area contributed by atoms with Gasteiger partial charge >= 0.3 is 0 Å². The van der Waals surface area contributed by atoms with Crippen molar-refractivity contribution in [3.63, 3.8) is 0 Å². The number of imidazole rings is 1. The van der Waals surface area contributed by atoms with Gasteiger partial charge in [0.05, 0.1) is 16.9 Å². The first-order valence-electron chi connectivity index (χ1n) is 14.2. The van der Waals surface area contributed by atoms with Gasteiger partial charge in [-0.25, -0.2) is 0 Å². The minimum atomic E-state index is 0. The summed E-state index contributed by atoms with van der Waals surface area (Å²) < 4.78 is 7.96. The fourth-order valence-electron chi connectivity index (χ4n) is 5.21. The zero-order valence-electron chi connectivity index (χ0n) is 23.9. The molecule has 3 heterocycles. The molecule has 0 atom stereocenters. The molecule has 0 spiro atoms. The van der Waals surface area contributed by atoms with E-state index in [1.165, 1.54) is 11.1 Å². The van der Waals surface area contributed by atoms with Gasteiger partial charge in [-0.2, -0.15) is 0 Å². The second-order valence-corrected chi connectivity index (χ2v) is 10.2. The Kier molecular flexibility index (Phi) is 8.60. The second kappa shape index (κ2) is 13.0. The van der Waals surface area contributed by atoms with Crippen LogP contribution in [0, 0.1) is 19.3 Å². The molecule has 44 heavy (non-hydrogen) atoms. The predicted octanol–water partition coefficient (Wildman–Crippen LogP) is 9.76. The molecule has 0 amide bonds. The molecule has 0 fully saturated rings. The molecule has 0 bridgehead atoms. The van der Waals surface area contributed by atoms with E-state index in [1.807, 2.05) is 72.8 Å². The number of rotatable bonds is 4.